The van der Waals surface area contributed by atoms with E-state index in [1.54, 1.807) is 4.68 Å². The predicted molar refractivity (Wildman–Crippen MR) is 117 cm³/mol. The van der Waals surface area contributed by atoms with E-state index in [-0.39, 0.29) is 18.9 Å². The van der Waals surface area contributed by atoms with Gasteiger partial charge in [0.1, 0.15) is 23.6 Å². The molecule has 2 aliphatic heterocycles. The molecule has 0 aliphatic carbocycles. The number of hydrogen-bond donors (Lipinski definition) is 1. The molecule has 3 heterocycles. The van der Waals surface area contributed by atoms with Gasteiger partial charge in [0.25, 0.3) is 0 Å². The zero-order chi connectivity index (χ0) is 22.1. The standard InChI is InChI=1S/C24H26FN3O4/c1-15-8-9-26-24(29)31-14-16-5-4-6-17(11-16)22-19-12-18(32-15)13-20(25)23(19)28(27-22)21-7-2-3-10-30-21/h4-6,11-13,15,21H,2-3,7-10,14H2,1H3,(H,26,29). The van der Waals surface area contributed by atoms with Crippen LogP contribution in [-0.2, 0) is 16.1 Å². The lowest BCUT2D eigenvalue weighted by Gasteiger charge is -2.23. The second-order valence-electron chi connectivity index (χ2n) is 8.34. The molecule has 1 saturated heterocycles. The Morgan fingerprint density at radius 1 is 1.19 bits per heavy atom. The fourth-order valence-electron chi connectivity index (χ4n) is 4.28. The molecule has 1 amide bonds. The van der Waals surface area contributed by atoms with E-state index < -0.39 is 11.9 Å². The van der Waals surface area contributed by atoms with Crippen LogP contribution in [0.1, 0.15) is 44.4 Å². The number of ether oxygens (including phenoxy) is 3. The van der Waals surface area contributed by atoms with Gasteiger partial charge < -0.3 is 19.5 Å². The highest BCUT2D eigenvalue weighted by atomic mass is 19.1. The van der Waals surface area contributed by atoms with Gasteiger partial charge in [-0.1, -0.05) is 18.2 Å². The van der Waals surface area contributed by atoms with Crippen LogP contribution in [0.25, 0.3) is 22.2 Å². The lowest BCUT2D eigenvalue weighted by Crippen LogP contribution is -2.28. The van der Waals surface area contributed by atoms with Crippen molar-refractivity contribution in [3.05, 3.63) is 47.8 Å². The number of carbonyl (C=O) groups is 1. The van der Waals surface area contributed by atoms with Crippen LogP contribution in [0.4, 0.5) is 9.18 Å². The number of amides is 1. The smallest absolute Gasteiger partial charge is 0.407 e. The van der Waals surface area contributed by atoms with E-state index in [9.17, 15) is 4.79 Å². The van der Waals surface area contributed by atoms with Crippen molar-refractivity contribution < 1.29 is 23.4 Å². The molecule has 4 bridgehead atoms. The van der Waals surface area contributed by atoms with E-state index in [0.29, 0.717) is 41.9 Å². The number of nitrogens with one attached hydrogen (secondary N) is 1. The van der Waals surface area contributed by atoms with Gasteiger partial charge in [-0.25, -0.2) is 13.9 Å². The van der Waals surface area contributed by atoms with Crippen LogP contribution in [-0.4, -0.2) is 35.1 Å². The van der Waals surface area contributed by atoms with Crippen LogP contribution in [0.2, 0.25) is 0 Å². The maximum Gasteiger partial charge on any atom is 0.407 e. The van der Waals surface area contributed by atoms with Gasteiger partial charge in [-0.2, -0.15) is 5.10 Å². The van der Waals surface area contributed by atoms with Gasteiger partial charge in [0.05, 0.1) is 6.10 Å². The highest BCUT2D eigenvalue weighted by Gasteiger charge is 2.25. The number of aromatic nitrogens is 2. The van der Waals surface area contributed by atoms with Gasteiger partial charge in [0.15, 0.2) is 12.0 Å². The third-order valence-electron chi connectivity index (χ3n) is 5.89. The number of benzene rings is 2. The Balaban J connectivity index is 1.67. The minimum atomic E-state index is -0.481. The van der Waals surface area contributed by atoms with Gasteiger partial charge >= 0.3 is 6.09 Å². The number of nitrogens with zero attached hydrogens (tertiary/aromatic N) is 2. The molecular formula is C24H26FN3O4. The summed E-state index contributed by atoms with van der Waals surface area (Å²) >= 11 is 0. The minimum absolute atomic E-state index is 0.135. The Morgan fingerprint density at radius 3 is 2.94 bits per heavy atom. The lowest BCUT2D eigenvalue weighted by molar-refractivity contribution is -0.0368. The monoisotopic (exact) mass is 439 g/mol. The minimum Gasteiger partial charge on any atom is -0.491 e. The van der Waals surface area contributed by atoms with Crippen molar-refractivity contribution in [1.29, 1.82) is 0 Å². The van der Waals surface area contributed by atoms with Crippen molar-refractivity contribution in [3.63, 3.8) is 0 Å². The van der Waals surface area contributed by atoms with Crippen molar-refractivity contribution in [2.24, 2.45) is 0 Å². The maximum atomic E-state index is 15.4. The second-order valence-corrected chi connectivity index (χ2v) is 8.34. The first-order chi connectivity index (χ1) is 15.6. The molecule has 2 aliphatic rings. The van der Waals surface area contributed by atoms with Crippen molar-refractivity contribution in [2.45, 2.75) is 51.5 Å². The zero-order valence-corrected chi connectivity index (χ0v) is 18.0. The fourth-order valence-corrected chi connectivity index (χ4v) is 4.28. The molecule has 3 aromatic rings. The molecule has 0 saturated carbocycles. The van der Waals surface area contributed by atoms with Crippen molar-refractivity contribution in [2.75, 3.05) is 13.2 Å². The van der Waals surface area contributed by atoms with Crippen molar-refractivity contribution in [3.8, 4) is 17.0 Å². The summed E-state index contributed by atoms with van der Waals surface area (Å²) in [6, 6.07) is 10.8. The van der Waals surface area contributed by atoms with Crippen LogP contribution >= 0.6 is 0 Å². The summed E-state index contributed by atoms with van der Waals surface area (Å²) in [6.07, 6.45) is 2.34. The quantitative estimate of drug-likeness (QED) is 0.581. The highest BCUT2D eigenvalue weighted by molar-refractivity contribution is 5.94. The summed E-state index contributed by atoms with van der Waals surface area (Å²) in [5, 5.41) is 8.20. The highest BCUT2D eigenvalue weighted by Crippen LogP contribution is 2.37. The van der Waals surface area contributed by atoms with E-state index in [2.05, 4.69) is 5.32 Å². The molecule has 1 fully saturated rings. The van der Waals surface area contributed by atoms with E-state index >= 15 is 4.39 Å². The number of rotatable bonds is 1. The molecule has 0 spiro atoms. The topological polar surface area (TPSA) is 74.6 Å². The van der Waals surface area contributed by atoms with Gasteiger partial charge in [0, 0.05) is 36.6 Å². The first kappa shape index (κ1) is 20.8. The number of carbonyl (C=O) groups excluding carboxylic acids is 1. The average Bonchev–Trinajstić information content (AvgIpc) is 3.18. The van der Waals surface area contributed by atoms with Crippen molar-refractivity contribution in [1.82, 2.24) is 15.1 Å². The molecule has 2 unspecified atom stereocenters. The maximum absolute atomic E-state index is 15.4. The molecule has 2 atom stereocenters. The van der Waals surface area contributed by atoms with Gasteiger partial charge in [-0.15, -0.1) is 0 Å². The van der Waals surface area contributed by atoms with Gasteiger partial charge in [-0.3, -0.25) is 0 Å². The van der Waals surface area contributed by atoms with Crippen LogP contribution in [0, 0.1) is 5.82 Å². The summed E-state index contributed by atoms with van der Waals surface area (Å²) in [5.74, 6) is 0.0381. The van der Waals surface area contributed by atoms with Crippen LogP contribution in [0.3, 0.4) is 0 Å². The fraction of sp³-hybridized carbons (Fsp3) is 0.417. The molecule has 168 valence electrons. The summed E-state index contributed by atoms with van der Waals surface area (Å²) in [6.45, 7) is 3.05. The van der Waals surface area contributed by atoms with E-state index in [4.69, 9.17) is 19.3 Å². The molecule has 7 nitrogen and oxygen atoms in total. The zero-order valence-electron chi connectivity index (χ0n) is 18.0. The Hall–Kier alpha value is -3.13. The molecule has 5 rings (SSSR count). The first-order valence-electron chi connectivity index (χ1n) is 11.1. The average molecular weight is 439 g/mol. The number of cyclic esters (lactones) is 1. The van der Waals surface area contributed by atoms with Gasteiger partial charge in [-0.05, 0) is 43.9 Å². The lowest BCUT2D eigenvalue weighted by atomic mass is 10.0. The largest absolute Gasteiger partial charge is 0.491 e. The third-order valence-corrected chi connectivity index (χ3v) is 5.89. The van der Waals surface area contributed by atoms with E-state index in [1.807, 2.05) is 37.3 Å². The van der Waals surface area contributed by atoms with E-state index in [1.165, 1.54) is 6.07 Å². The third kappa shape index (κ3) is 4.14. The summed E-state index contributed by atoms with van der Waals surface area (Å²) in [7, 11) is 0. The number of fused-ring (bicyclic) bond motifs is 4. The molecule has 0 radical (unpaired) electrons. The summed E-state index contributed by atoms with van der Waals surface area (Å²) in [5.41, 5.74) is 2.69. The van der Waals surface area contributed by atoms with Crippen molar-refractivity contribution >= 4 is 17.0 Å². The van der Waals surface area contributed by atoms with Gasteiger partial charge in [0.2, 0.25) is 0 Å². The molecule has 1 aromatic heterocycles. The predicted octanol–water partition coefficient (Wildman–Crippen LogP) is 4.94. The first-order valence-corrected chi connectivity index (χ1v) is 11.1. The summed E-state index contributed by atoms with van der Waals surface area (Å²) < 4.78 is 34.3. The molecular weight excluding hydrogens is 413 g/mol. The number of alkyl carbamates (subject to hydrolysis) is 1. The SMILES string of the molecule is CC1CCNC(=O)OCc2cccc(c2)-c2nn(C3CCCCO3)c3c(F)cc(cc23)O1. The second kappa shape index (κ2) is 8.78. The summed E-state index contributed by atoms with van der Waals surface area (Å²) in [4.78, 5) is 12.0. The number of hydrogen-bond acceptors (Lipinski definition) is 5. The molecule has 1 N–H and O–H groups in total. The Labute approximate surface area is 185 Å². The number of halogens is 1. The Kier molecular flexibility index (Phi) is 5.70. The normalized spacial score (nSPS) is 21.9. The molecule has 32 heavy (non-hydrogen) atoms. The van der Waals surface area contributed by atoms with Crippen LogP contribution in [0.15, 0.2) is 36.4 Å². The Bertz CT molecular complexity index is 1140. The van der Waals surface area contributed by atoms with Crippen LogP contribution < -0.4 is 10.1 Å². The molecule has 8 heteroatoms. The molecule has 2 aromatic carbocycles. The Morgan fingerprint density at radius 2 is 2.09 bits per heavy atom. The van der Waals surface area contributed by atoms with Crippen LogP contribution in [0.5, 0.6) is 5.75 Å². The van der Waals surface area contributed by atoms with E-state index in [0.717, 1.165) is 30.4 Å².